The Kier molecular flexibility index (Phi) is 5.28. The van der Waals surface area contributed by atoms with Crippen LogP contribution in [0.4, 0.5) is 10.5 Å². The second kappa shape index (κ2) is 8.39. The smallest absolute Gasteiger partial charge is 0.318 e. The maximum Gasteiger partial charge on any atom is 0.322 e. The average molecular weight is 422 g/mol. The number of rotatable bonds is 3. The molecule has 1 N–H and O–H groups in total. The van der Waals surface area contributed by atoms with E-state index in [0.29, 0.717) is 6.54 Å². The van der Waals surface area contributed by atoms with Gasteiger partial charge in [-0.2, -0.15) is 0 Å². The van der Waals surface area contributed by atoms with Gasteiger partial charge in [0.25, 0.3) is 0 Å². The molecule has 0 radical (unpaired) electrons. The van der Waals surface area contributed by atoms with Crippen LogP contribution in [0.1, 0.15) is 40.9 Å². The number of fused-ring (bicyclic) bond motifs is 3. The van der Waals surface area contributed by atoms with Gasteiger partial charge in [-0.05, 0) is 54.3 Å². The number of urea groups is 1. The van der Waals surface area contributed by atoms with Crippen LogP contribution in [-0.2, 0) is 13.0 Å². The Hall–Kier alpha value is -3.79. The molecule has 4 aromatic rings. The van der Waals surface area contributed by atoms with Gasteiger partial charge in [0.15, 0.2) is 0 Å². The van der Waals surface area contributed by atoms with Crippen LogP contribution in [-0.4, -0.2) is 15.5 Å². The predicted octanol–water partition coefficient (Wildman–Crippen LogP) is 6.49. The van der Waals surface area contributed by atoms with E-state index >= 15 is 0 Å². The lowest BCUT2D eigenvalue weighted by Crippen LogP contribution is -2.38. The molecule has 0 aliphatic carbocycles. The van der Waals surface area contributed by atoms with Gasteiger partial charge in [-0.1, -0.05) is 73.2 Å². The number of nitrogens with one attached hydrogen (secondary N) is 1. The Labute approximate surface area is 189 Å². The fourth-order valence-electron chi connectivity index (χ4n) is 4.67. The van der Waals surface area contributed by atoms with E-state index in [4.69, 9.17) is 0 Å². The van der Waals surface area contributed by atoms with Gasteiger partial charge in [0, 0.05) is 17.6 Å². The summed E-state index contributed by atoms with van der Waals surface area (Å²) in [6.45, 7) is 4.72. The summed E-state index contributed by atoms with van der Waals surface area (Å²) >= 11 is 0. The molecule has 1 aliphatic rings. The van der Waals surface area contributed by atoms with Crippen molar-refractivity contribution in [3.63, 3.8) is 0 Å². The van der Waals surface area contributed by atoms with E-state index in [1.807, 2.05) is 29.2 Å². The molecule has 0 saturated heterocycles. The molecule has 0 bridgehead atoms. The van der Waals surface area contributed by atoms with Gasteiger partial charge in [0.2, 0.25) is 0 Å². The van der Waals surface area contributed by atoms with Gasteiger partial charge >= 0.3 is 6.03 Å². The normalized spacial score (nSPS) is 14.9. The fourth-order valence-corrected chi connectivity index (χ4v) is 4.67. The summed E-state index contributed by atoms with van der Waals surface area (Å²) in [4.78, 5) is 15.8. The van der Waals surface area contributed by atoms with Gasteiger partial charge in [0.05, 0.1) is 18.3 Å². The molecule has 1 aromatic heterocycles. The third-order valence-electron chi connectivity index (χ3n) is 6.22. The molecular weight excluding hydrogens is 394 g/mol. The van der Waals surface area contributed by atoms with E-state index < -0.39 is 0 Å². The summed E-state index contributed by atoms with van der Waals surface area (Å²) in [7, 11) is 0. The number of para-hydroxylation sites is 2. The molecule has 0 spiro atoms. The lowest BCUT2D eigenvalue weighted by Gasteiger charge is -2.31. The monoisotopic (exact) mass is 421 g/mol. The lowest BCUT2D eigenvalue weighted by atomic mass is 10.00. The van der Waals surface area contributed by atoms with Gasteiger partial charge < -0.3 is 14.8 Å². The first kappa shape index (κ1) is 20.1. The molecule has 32 heavy (non-hydrogen) atoms. The number of amides is 2. The zero-order valence-corrected chi connectivity index (χ0v) is 18.5. The van der Waals surface area contributed by atoms with Crippen molar-refractivity contribution in [3.8, 4) is 5.69 Å². The molecule has 0 saturated carbocycles. The molecule has 2 amide bonds. The molecule has 0 fully saturated rings. The van der Waals surface area contributed by atoms with Crippen LogP contribution in [0.15, 0.2) is 91.1 Å². The minimum Gasteiger partial charge on any atom is -0.318 e. The Morgan fingerprint density at radius 2 is 1.78 bits per heavy atom. The molecule has 0 unspecified atom stereocenters. The van der Waals surface area contributed by atoms with E-state index in [1.54, 1.807) is 0 Å². The van der Waals surface area contributed by atoms with Gasteiger partial charge in [-0.25, -0.2) is 4.79 Å². The van der Waals surface area contributed by atoms with Crippen molar-refractivity contribution in [2.24, 2.45) is 0 Å². The summed E-state index contributed by atoms with van der Waals surface area (Å²) in [5.41, 5.74) is 7.62. The first-order chi connectivity index (χ1) is 15.7. The molecule has 5 rings (SSSR count). The number of benzene rings is 3. The third-order valence-corrected chi connectivity index (χ3v) is 6.22. The van der Waals surface area contributed by atoms with Crippen LogP contribution in [0, 0.1) is 6.92 Å². The summed E-state index contributed by atoms with van der Waals surface area (Å²) < 4.78 is 2.22. The summed E-state index contributed by atoms with van der Waals surface area (Å²) in [6, 6.07) is 28.7. The first-order valence-electron chi connectivity index (χ1n) is 11.1. The van der Waals surface area contributed by atoms with Crippen LogP contribution in [0.3, 0.4) is 0 Å². The van der Waals surface area contributed by atoms with Crippen LogP contribution in [0.2, 0.25) is 0 Å². The minimum absolute atomic E-state index is 0.0955. The van der Waals surface area contributed by atoms with Crippen molar-refractivity contribution in [1.82, 2.24) is 9.47 Å². The Balaban J connectivity index is 1.64. The van der Waals surface area contributed by atoms with Crippen molar-refractivity contribution >= 4 is 11.7 Å². The number of hydrogen-bond acceptors (Lipinski definition) is 1. The number of aryl methyl sites for hydroxylation is 2. The molecule has 4 nitrogen and oxygen atoms in total. The zero-order chi connectivity index (χ0) is 22.1. The fraction of sp³-hybridized carbons (Fsp3) is 0.179. The van der Waals surface area contributed by atoms with Crippen molar-refractivity contribution < 1.29 is 4.79 Å². The SMILES string of the molecule is CCc1ccccc1NC(=O)N1Cc2ccccc2-n2cccc2[C@H]1c1cccc(C)c1. The Bertz CT molecular complexity index is 1270. The van der Waals surface area contributed by atoms with Crippen LogP contribution < -0.4 is 5.32 Å². The van der Waals surface area contributed by atoms with Crippen molar-refractivity contribution in [1.29, 1.82) is 0 Å². The zero-order valence-electron chi connectivity index (χ0n) is 18.5. The van der Waals surface area contributed by atoms with Crippen molar-refractivity contribution in [2.45, 2.75) is 32.9 Å². The van der Waals surface area contributed by atoms with Crippen LogP contribution in [0.5, 0.6) is 0 Å². The quantitative estimate of drug-likeness (QED) is 0.404. The standard InChI is InChI=1S/C28H27N3O/c1-3-21-11-4-6-14-24(21)29-28(32)31-19-23-12-5-7-15-25(23)30-17-9-16-26(30)27(31)22-13-8-10-20(2)18-22/h4-18,27H,3,19H2,1-2H3,(H,29,32)/t27-/m1/s1. The maximum atomic E-state index is 13.8. The number of aromatic nitrogens is 1. The van der Waals surface area contributed by atoms with Crippen molar-refractivity contribution in [3.05, 3.63) is 119 Å². The van der Waals surface area contributed by atoms with E-state index in [1.165, 1.54) is 5.56 Å². The summed E-state index contributed by atoms with van der Waals surface area (Å²) in [5.74, 6) is 0. The average Bonchev–Trinajstić information content (AvgIpc) is 3.23. The van der Waals surface area contributed by atoms with Crippen LogP contribution >= 0.6 is 0 Å². The molecule has 2 heterocycles. The number of anilines is 1. The highest BCUT2D eigenvalue weighted by Crippen LogP contribution is 2.37. The number of carbonyl (C=O) groups is 1. The largest absolute Gasteiger partial charge is 0.322 e. The third kappa shape index (κ3) is 3.58. The minimum atomic E-state index is -0.203. The highest BCUT2D eigenvalue weighted by molar-refractivity contribution is 5.91. The van der Waals surface area contributed by atoms with Gasteiger partial charge in [0.1, 0.15) is 0 Å². The van der Waals surface area contributed by atoms with Gasteiger partial charge in [-0.15, -0.1) is 0 Å². The number of hydrogen-bond donors (Lipinski definition) is 1. The second-order valence-corrected chi connectivity index (χ2v) is 8.32. The molecule has 1 aliphatic heterocycles. The maximum absolute atomic E-state index is 13.8. The lowest BCUT2D eigenvalue weighted by molar-refractivity contribution is 0.194. The number of nitrogens with zero attached hydrogens (tertiary/aromatic N) is 2. The Morgan fingerprint density at radius 1 is 0.969 bits per heavy atom. The predicted molar refractivity (Wildman–Crippen MR) is 129 cm³/mol. The summed E-state index contributed by atoms with van der Waals surface area (Å²) in [6.07, 6.45) is 2.95. The van der Waals surface area contributed by atoms with E-state index in [-0.39, 0.29) is 12.1 Å². The van der Waals surface area contributed by atoms with E-state index in [0.717, 1.165) is 40.2 Å². The highest BCUT2D eigenvalue weighted by atomic mass is 16.2. The van der Waals surface area contributed by atoms with E-state index in [9.17, 15) is 4.79 Å². The van der Waals surface area contributed by atoms with Gasteiger partial charge in [-0.3, -0.25) is 0 Å². The topological polar surface area (TPSA) is 37.3 Å². The molecular formula is C28H27N3O. The second-order valence-electron chi connectivity index (χ2n) is 8.32. The highest BCUT2D eigenvalue weighted by Gasteiger charge is 2.33. The van der Waals surface area contributed by atoms with Crippen LogP contribution in [0.25, 0.3) is 5.69 Å². The molecule has 4 heteroatoms. The first-order valence-corrected chi connectivity index (χ1v) is 11.1. The van der Waals surface area contributed by atoms with Crippen molar-refractivity contribution in [2.75, 3.05) is 5.32 Å². The molecule has 3 aromatic carbocycles. The van der Waals surface area contributed by atoms with E-state index in [2.05, 4.69) is 90.6 Å². The number of carbonyl (C=O) groups excluding carboxylic acids is 1. The molecule has 1 atom stereocenters. The summed E-state index contributed by atoms with van der Waals surface area (Å²) in [5, 5.41) is 3.20. The molecule has 160 valence electrons. The Morgan fingerprint density at radius 3 is 2.62 bits per heavy atom.